The molecule has 0 spiro atoms. The van der Waals surface area contributed by atoms with Gasteiger partial charge in [-0.1, -0.05) is 13.3 Å². The van der Waals surface area contributed by atoms with Gasteiger partial charge in [-0.25, -0.2) is 0 Å². The summed E-state index contributed by atoms with van der Waals surface area (Å²) in [5.74, 6) is 4.98. The average molecular weight is 236 g/mol. The molecule has 3 rings (SSSR count). The predicted molar refractivity (Wildman–Crippen MR) is 72.0 cm³/mol. The van der Waals surface area contributed by atoms with Crippen LogP contribution in [0.3, 0.4) is 0 Å². The van der Waals surface area contributed by atoms with Gasteiger partial charge in [0.25, 0.3) is 0 Å². The van der Waals surface area contributed by atoms with E-state index in [0.717, 1.165) is 29.6 Å². The molecule has 0 aromatic rings. The zero-order valence-electron chi connectivity index (χ0n) is 11.5. The number of nitrogens with zero attached hydrogens (tertiary/aromatic N) is 1. The summed E-state index contributed by atoms with van der Waals surface area (Å²) >= 11 is 0. The highest BCUT2D eigenvalue weighted by Crippen LogP contribution is 2.48. The van der Waals surface area contributed by atoms with Crippen LogP contribution in [0.4, 0.5) is 0 Å². The number of rotatable bonds is 4. The second-order valence-corrected chi connectivity index (χ2v) is 7.05. The molecule has 2 heteroatoms. The standard InChI is InChI=1S/C15H28N2/c1-11-7-16-8-15(11)10-17(2)9-14-6-12-3-4-13(14)5-12/h11-16H,3-10H2,1-2H3/t11-,12?,13?,14?,15+/m1/s1. The summed E-state index contributed by atoms with van der Waals surface area (Å²) in [5.41, 5.74) is 0. The molecule has 1 N–H and O–H groups in total. The minimum atomic E-state index is 0.873. The third kappa shape index (κ3) is 2.53. The number of fused-ring (bicyclic) bond motifs is 2. The quantitative estimate of drug-likeness (QED) is 0.805. The lowest BCUT2D eigenvalue weighted by Crippen LogP contribution is -2.34. The Kier molecular flexibility index (Phi) is 3.45. The van der Waals surface area contributed by atoms with Crippen LogP contribution in [0.2, 0.25) is 0 Å². The van der Waals surface area contributed by atoms with Gasteiger partial charge in [-0.2, -0.15) is 0 Å². The van der Waals surface area contributed by atoms with E-state index in [2.05, 4.69) is 24.2 Å². The van der Waals surface area contributed by atoms with Crippen LogP contribution in [-0.4, -0.2) is 38.1 Å². The second kappa shape index (κ2) is 4.89. The maximum absolute atomic E-state index is 3.52. The first kappa shape index (κ1) is 12.0. The Bertz CT molecular complexity index is 266. The van der Waals surface area contributed by atoms with E-state index in [1.165, 1.54) is 45.4 Å². The van der Waals surface area contributed by atoms with E-state index < -0.39 is 0 Å². The van der Waals surface area contributed by atoms with Crippen molar-refractivity contribution in [2.45, 2.75) is 32.6 Å². The van der Waals surface area contributed by atoms with Gasteiger partial charge in [0.1, 0.15) is 0 Å². The third-order valence-corrected chi connectivity index (χ3v) is 5.65. The van der Waals surface area contributed by atoms with Gasteiger partial charge in [0, 0.05) is 13.1 Å². The fraction of sp³-hybridized carbons (Fsp3) is 1.00. The van der Waals surface area contributed by atoms with E-state index in [-0.39, 0.29) is 0 Å². The van der Waals surface area contributed by atoms with Crippen molar-refractivity contribution in [3.05, 3.63) is 0 Å². The summed E-state index contributed by atoms with van der Waals surface area (Å²) in [6.45, 7) is 7.54. The topological polar surface area (TPSA) is 15.3 Å². The summed E-state index contributed by atoms with van der Waals surface area (Å²) in [5, 5.41) is 3.52. The smallest absolute Gasteiger partial charge is 0.00219 e. The van der Waals surface area contributed by atoms with Crippen LogP contribution in [0.15, 0.2) is 0 Å². The zero-order chi connectivity index (χ0) is 11.8. The molecule has 1 heterocycles. The monoisotopic (exact) mass is 236 g/mol. The summed E-state index contributed by atoms with van der Waals surface area (Å²) in [6.07, 6.45) is 6.16. The molecule has 17 heavy (non-hydrogen) atoms. The number of hydrogen-bond acceptors (Lipinski definition) is 2. The van der Waals surface area contributed by atoms with Crippen LogP contribution in [0.25, 0.3) is 0 Å². The summed E-state index contributed by atoms with van der Waals surface area (Å²) in [7, 11) is 2.34. The average Bonchev–Trinajstić information content (AvgIpc) is 2.96. The number of nitrogens with one attached hydrogen (secondary N) is 1. The fourth-order valence-corrected chi connectivity index (χ4v) is 4.58. The molecule has 0 aromatic heterocycles. The van der Waals surface area contributed by atoms with E-state index in [1.54, 1.807) is 6.42 Å². The minimum absolute atomic E-state index is 0.873. The van der Waals surface area contributed by atoms with Crippen LogP contribution in [0.5, 0.6) is 0 Å². The summed E-state index contributed by atoms with van der Waals surface area (Å²) in [4.78, 5) is 2.62. The van der Waals surface area contributed by atoms with Crippen molar-refractivity contribution < 1.29 is 0 Å². The molecule has 0 radical (unpaired) electrons. The zero-order valence-corrected chi connectivity index (χ0v) is 11.5. The molecule has 0 amide bonds. The van der Waals surface area contributed by atoms with E-state index in [4.69, 9.17) is 0 Å². The molecule has 0 aromatic carbocycles. The molecule has 98 valence electrons. The van der Waals surface area contributed by atoms with Crippen LogP contribution in [0.1, 0.15) is 32.6 Å². The molecule has 3 fully saturated rings. The van der Waals surface area contributed by atoms with E-state index in [0.29, 0.717) is 0 Å². The van der Waals surface area contributed by atoms with Crippen LogP contribution in [-0.2, 0) is 0 Å². The molecular weight excluding hydrogens is 208 g/mol. The first-order valence-corrected chi connectivity index (χ1v) is 7.61. The van der Waals surface area contributed by atoms with E-state index in [1.807, 2.05) is 0 Å². The Balaban J connectivity index is 1.45. The van der Waals surface area contributed by atoms with Crippen molar-refractivity contribution >= 4 is 0 Å². The lowest BCUT2D eigenvalue weighted by atomic mass is 9.88. The Labute approximate surface area is 106 Å². The van der Waals surface area contributed by atoms with Gasteiger partial charge in [0.2, 0.25) is 0 Å². The third-order valence-electron chi connectivity index (χ3n) is 5.65. The summed E-state index contributed by atoms with van der Waals surface area (Å²) < 4.78 is 0. The van der Waals surface area contributed by atoms with Gasteiger partial charge < -0.3 is 10.2 Å². The molecule has 3 unspecified atom stereocenters. The van der Waals surface area contributed by atoms with Crippen molar-refractivity contribution in [3.8, 4) is 0 Å². The lowest BCUT2D eigenvalue weighted by Gasteiger charge is -2.29. The highest BCUT2D eigenvalue weighted by atomic mass is 15.1. The highest BCUT2D eigenvalue weighted by Gasteiger charge is 2.39. The van der Waals surface area contributed by atoms with Crippen LogP contribution >= 0.6 is 0 Å². The van der Waals surface area contributed by atoms with Crippen molar-refractivity contribution in [1.29, 1.82) is 0 Å². The molecule has 2 bridgehead atoms. The van der Waals surface area contributed by atoms with E-state index >= 15 is 0 Å². The first-order valence-electron chi connectivity index (χ1n) is 7.61. The van der Waals surface area contributed by atoms with Crippen molar-refractivity contribution in [3.63, 3.8) is 0 Å². The van der Waals surface area contributed by atoms with E-state index in [9.17, 15) is 0 Å². The Hall–Kier alpha value is -0.0800. The van der Waals surface area contributed by atoms with Crippen LogP contribution < -0.4 is 5.32 Å². The molecule has 3 aliphatic rings. The summed E-state index contributed by atoms with van der Waals surface area (Å²) in [6, 6.07) is 0. The number of hydrogen-bond donors (Lipinski definition) is 1. The minimum Gasteiger partial charge on any atom is -0.316 e. The SMILES string of the molecule is C[C@@H]1CNC[C@H]1CN(C)CC1CC2CCC1C2. The Morgan fingerprint density at radius 1 is 1.06 bits per heavy atom. The van der Waals surface area contributed by atoms with Gasteiger partial charge in [0.05, 0.1) is 0 Å². The Morgan fingerprint density at radius 3 is 2.47 bits per heavy atom. The van der Waals surface area contributed by atoms with Gasteiger partial charge in [0.15, 0.2) is 0 Å². The lowest BCUT2D eigenvalue weighted by molar-refractivity contribution is 0.190. The second-order valence-electron chi connectivity index (χ2n) is 7.05. The molecule has 2 saturated carbocycles. The van der Waals surface area contributed by atoms with Crippen LogP contribution in [0, 0.1) is 29.6 Å². The van der Waals surface area contributed by atoms with Gasteiger partial charge in [-0.05, 0) is 69.0 Å². The highest BCUT2D eigenvalue weighted by molar-refractivity contribution is 4.91. The predicted octanol–water partition coefficient (Wildman–Crippen LogP) is 2.21. The molecular formula is C15H28N2. The first-order chi connectivity index (χ1) is 8.22. The maximum atomic E-state index is 3.52. The molecule has 1 saturated heterocycles. The Morgan fingerprint density at radius 2 is 1.88 bits per heavy atom. The maximum Gasteiger partial charge on any atom is 0.00219 e. The van der Waals surface area contributed by atoms with Gasteiger partial charge in [-0.3, -0.25) is 0 Å². The van der Waals surface area contributed by atoms with Crippen molar-refractivity contribution in [2.75, 3.05) is 33.2 Å². The molecule has 5 atom stereocenters. The molecule has 1 aliphatic heterocycles. The van der Waals surface area contributed by atoms with Crippen molar-refractivity contribution in [2.24, 2.45) is 29.6 Å². The van der Waals surface area contributed by atoms with Gasteiger partial charge in [-0.15, -0.1) is 0 Å². The molecule has 2 aliphatic carbocycles. The normalized spacial score (nSPS) is 45.0. The van der Waals surface area contributed by atoms with Gasteiger partial charge >= 0.3 is 0 Å². The van der Waals surface area contributed by atoms with Crippen molar-refractivity contribution in [1.82, 2.24) is 10.2 Å². The largest absolute Gasteiger partial charge is 0.316 e. The fourth-order valence-electron chi connectivity index (χ4n) is 4.58. The molecule has 2 nitrogen and oxygen atoms in total.